The zero-order valence-electron chi connectivity index (χ0n) is 13.0. The van der Waals surface area contributed by atoms with Crippen LogP contribution in [0.1, 0.15) is 24.5 Å². The van der Waals surface area contributed by atoms with Crippen LogP contribution in [0.5, 0.6) is 11.5 Å². The molecule has 0 aliphatic carbocycles. The van der Waals surface area contributed by atoms with Crippen molar-refractivity contribution in [2.24, 2.45) is 0 Å². The van der Waals surface area contributed by atoms with Crippen molar-refractivity contribution in [3.63, 3.8) is 0 Å². The van der Waals surface area contributed by atoms with Gasteiger partial charge in [0.25, 0.3) is 0 Å². The van der Waals surface area contributed by atoms with E-state index in [1.807, 2.05) is 30.3 Å². The minimum atomic E-state index is 0.179. The molecule has 0 radical (unpaired) electrons. The number of phenols is 1. The summed E-state index contributed by atoms with van der Waals surface area (Å²) in [5.74, 6) is 0.704. The molecular weight excluding hydrogens is 298 g/mol. The molecule has 0 saturated heterocycles. The monoisotopic (exact) mass is 319 g/mol. The van der Waals surface area contributed by atoms with Crippen LogP contribution in [0.25, 0.3) is 0 Å². The molecule has 2 aromatic rings. The highest BCUT2D eigenvalue weighted by Gasteiger charge is 2.06. The predicted molar refractivity (Wildman–Crippen MR) is 90.7 cm³/mol. The summed E-state index contributed by atoms with van der Waals surface area (Å²) in [5, 5.41) is 13.9. The van der Waals surface area contributed by atoms with Gasteiger partial charge < -0.3 is 15.2 Å². The van der Waals surface area contributed by atoms with Crippen molar-refractivity contribution in [2.75, 3.05) is 7.11 Å². The highest BCUT2D eigenvalue weighted by atomic mass is 35.5. The molecule has 3 nitrogen and oxygen atoms in total. The van der Waals surface area contributed by atoms with Crippen molar-refractivity contribution >= 4 is 11.6 Å². The van der Waals surface area contributed by atoms with Crippen molar-refractivity contribution < 1.29 is 9.84 Å². The number of rotatable bonds is 7. The normalized spacial score (nSPS) is 12.1. The van der Waals surface area contributed by atoms with Crippen LogP contribution in [0.15, 0.2) is 42.5 Å². The number of aromatic hydroxyl groups is 1. The molecule has 0 amide bonds. The number of nitrogens with one attached hydrogen (secondary N) is 1. The van der Waals surface area contributed by atoms with E-state index in [1.165, 1.54) is 5.56 Å². The van der Waals surface area contributed by atoms with E-state index in [4.69, 9.17) is 16.3 Å². The second-order valence-electron chi connectivity index (χ2n) is 5.46. The van der Waals surface area contributed by atoms with Crippen molar-refractivity contribution in [2.45, 2.75) is 32.4 Å². The summed E-state index contributed by atoms with van der Waals surface area (Å²) < 4.78 is 5.13. The van der Waals surface area contributed by atoms with Gasteiger partial charge in [-0.3, -0.25) is 0 Å². The van der Waals surface area contributed by atoms with E-state index in [-0.39, 0.29) is 5.75 Å². The summed E-state index contributed by atoms with van der Waals surface area (Å²) in [6, 6.07) is 13.8. The minimum Gasteiger partial charge on any atom is -0.504 e. The van der Waals surface area contributed by atoms with Crippen LogP contribution in [-0.2, 0) is 13.0 Å². The van der Waals surface area contributed by atoms with Crippen molar-refractivity contribution in [1.82, 2.24) is 5.32 Å². The molecule has 4 heteroatoms. The average molecular weight is 320 g/mol. The lowest BCUT2D eigenvalue weighted by Gasteiger charge is -2.14. The Labute approximate surface area is 136 Å². The number of ether oxygens (including phenoxy) is 1. The lowest BCUT2D eigenvalue weighted by molar-refractivity contribution is 0.372. The van der Waals surface area contributed by atoms with Crippen LogP contribution in [0.4, 0.5) is 0 Å². The van der Waals surface area contributed by atoms with E-state index < -0.39 is 0 Å². The van der Waals surface area contributed by atoms with Crippen molar-refractivity contribution in [3.8, 4) is 11.5 Å². The molecule has 1 atom stereocenters. The van der Waals surface area contributed by atoms with E-state index in [2.05, 4.69) is 18.3 Å². The third-order valence-corrected chi connectivity index (χ3v) is 3.89. The average Bonchev–Trinajstić information content (AvgIpc) is 2.52. The zero-order valence-corrected chi connectivity index (χ0v) is 13.7. The lowest BCUT2D eigenvalue weighted by atomic mass is 10.1. The third kappa shape index (κ3) is 4.93. The van der Waals surface area contributed by atoms with Gasteiger partial charge in [-0.15, -0.1) is 0 Å². The number of benzene rings is 2. The molecule has 118 valence electrons. The van der Waals surface area contributed by atoms with Crippen molar-refractivity contribution in [3.05, 3.63) is 58.6 Å². The van der Waals surface area contributed by atoms with Crippen LogP contribution in [0.3, 0.4) is 0 Å². The largest absolute Gasteiger partial charge is 0.504 e. The molecule has 0 aliphatic heterocycles. The Morgan fingerprint density at radius 1 is 1.18 bits per heavy atom. The van der Waals surface area contributed by atoms with Crippen LogP contribution in [-0.4, -0.2) is 18.3 Å². The molecule has 0 aromatic heterocycles. The molecule has 0 saturated carbocycles. The third-order valence-electron chi connectivity index (χ3n) is 3.65. The Kier molecular flexibility index (Phi) is 6.10. The van der Waals surface area contributed by atoms with Crippen LogP contribution < -0.4 is 10.1 Å². The van der Waals surface area contributed by atoms with E-state index in [9.17, 15) is 5.11 Å². The quantitative estimate of drug-likeness (QED) is 0.805. The molecule has 2 aromatic carbocycles. The van der Waals surface area contributed by atoms with Gasteiger partial charge in [-0.2, -0.15) is 0 Å². The maximum absolute atomic E-state index is 9.60. The van der Waals surface area contributed by atoms with Gasteiger partial charge in [0.2, 0.25) is 0 Å². The summed E-state index contributed by atoms with van der Waals surface area (Å²) in [5.41, 5.74) is 2.34. The van der Waals surface area contributed by atoms with E-state index in [0.717, 1.165) is 30.0 Å². The van der Waals surface area contributed by atoms with Gasteiger partial charge in [-0.05, 0) is 55.2 Å². The number of aryl methyl sites for hydroxylation is 1. The van der Waals surface area contributed by atoms with Gasteiger partial charge in [0, 0.05) is 17.6 Å². The summed E-state index contributed by atoms with van der Waals surface area (Å²) in [6.07, 6.45) is 1.94. The first kappa shape index (κ1) is 16.7. The fourth-order valence-corrected chi connectivity index (χ4v) is 2.51. The Balaban J connectivity index is 1.81. The molecule has 0 bridgehead atoms. The molecule has 22 heavy (non-hydrogen) atoms. The molecule has 1 unspecified atom stereocenters. The first-order chi connectivity index (χ1) is 10.6. The fourth-order valence-electron chi connectivity index (χ4n) is 2.30. The Bertz CT molecular complexity index is 616. The Hall–Kier alpha value is -1.71. The van der Waals surface area contributed by atoms with Crippen LogP contribution >= 0.6 is 11.6 Å². The highest BCUT2D eigenvalue weighted by molar-refractivity contribution is 6.30. The Morgan fingerprint density at radius 3 is 2.73 bits per heavy atom. The minimum absolute atomic E-state index is 0.179. The van der Waals surface area contributed by atoms with E-state index in [0.29, 0.717) is 11.8 Å². The standard InChI is InChI=1S/C18H22ClNO2/c1-13(20-12-15-4-3-5-16(19)10-15)6-7-14-8-9-17(21)18(11-14)22-2/h3-5,8-11,13,20-21H,6-7,12H2,1-2H3. The smallest absolute Gasteiger partial charge is 0.160 e. The summed E-state index contributed by atoms with van der Waals surface area (Å²) >= 11 is 5.98. The number of hydrogen-bond donors (Lipinski definition) is 2. The zero-order chi connectivity index (χ0) is 15.9. The van der Waals surface area contributed by atoms with Gasteiger partial charge in [0.1, 0.15) is 0 Å². The van der Waals surface area contributed by atoms with Crippen LogP contribution in [0.2, 0.25) is 5.02 Å². The van der Waals surface area contributed by atoms with E-state index in [1.54, 1.807) is 13.2 Å². The highest BCUT2D eigenvalue weighted by Crippen LogP contribution is 2.26. The number of phenolic OH excluding ortho intramolecular Hbond substituents is 1. The molecule has 0 spiro atoms. The number of methoxy groups -OCH3 is 1. The molecule has 0 fully saturated rings. The van der Waals surface area contributed by atoms with Gasteiger partial charge in [-0.25, -0.2) is 0 Å². The van der Waals surface area contributed by atoms with Gasteiger partial charge in [0.05, 0.1) is 7.11 Å². The molecular formula is C18H22ClNO2. The number of hydrogen-bond acceptors (Lipinski definition) is 3. The molecule has 0 aliphatic rings. The molecule has 2 N–H and O–H groups in total. The fraction of sp³-hybridized carbons (Fsp3) is 0.333. The van der Waals surface area contributed by atoms with Gasteiger partial charge >= 0.3 is 0 Å². The van der Waals surface area contributed by atoms with Crippen LogP contribution in [0, 0.1) is 0 Å². The predicted octanol–water partition coefficient (Wildman–Crippen LogP) is 4.17. The second kappa shape index (κ2) is 8.06. The second-order valence-corrected chi connectivity index (χ2v) is 5.89. The van der Waals surface area contributed by atoms with Gasteiger partial charge in [-0.1, -0.05) is 29.8 Å². The summed E-state index contributed by atoms with van der Waals surface area (Å²) in [4.78, 5) is 0. The van der Waals surface area contributed by atoms with Gasteiger partial charge in [0.15, 0.2) is 11.5 Å². The first-order valence-electron chi connectivity index (χ1n) is 7.42. The first-order valence-corrected chi connectivity index (χ1v) is 7.80. The molecule has 2 rings (SSSR count). The number of halogens is 1. The topological polar surface area (TPSA) is 41.5 Å². The molecule has 0 heterocycles. The van der Waals surface area contributed by atoms with Crippen molar-refractivity contribution in [1.29, 1.82) is 0 Å². The maximum atomic E-state index is 9.60. The SMILES string of the molecule is COc1cc(CCC(C)NCc2cccc(Cl)c2)ccc1O. The summed E-state index contributed by atoms with van der Waals surface area (Å²) in [7, 11) is 1.56. The Morgan fingerprint density at radius 2 is 2.00 bits per heavy atom. The lowest BCUT2D eigenvalue weighted by Crippen LogP contribution is -2.25. The summed E-state index contributed by atoms with van der Waals surface area (Å²) in [6.45, 7) is 2.98. The maximum Gasteiger partial charge on any atom is 0.160 e. The van der Waals surface area contributed by atoms with E-state index >= 15 is 0 Å².